The van der Waals surface area contributed by atoms with Crippen LogP contribution in [0.2, 0.25) is 0 Å². The van der Waals surface area contributed by atoms with Crippen molar-refractivity contribution < 1.29 is 4.42 Å². The van der Waals surface area contributed by atoms with Gasteiger partial charge in [-0.25, -0.2) is 4.99 Å². The van der Waals surface area contributed by atoms with Gasteiger partial charge in [-0.2, -0.15) is 0 Å². The van der Waals surface area contributed by atoms with E-state index in [1.165, 1.54) is 13.0 Å². The Morgan fingerprint density at radius 2 is 1.96 bits per heavy atom. The van der Waals surface area contributed by atoms with E-state index in [0.717, 1.165) is 49.1 Å². The van der Waals surface area contributed by atoms with Crippen molar-refractivity contribution in [3.63, 3.8) is 0 Å². The molecule has 0 saturated heterocycles. The summed E-state index contributed by atoms with van der Waals surface area (Å²) in [6, 6.07) is 2.47. The van der Waals surface area contributed by atoms with Crippen molar-refractivity contribution in [1.82, 2.24) is 15.5 Å². The molecule has 0 radical (unpaired) electrons. The second-order valence-electron chi connectivity index (χ2n) is 6.35. The van der Waals surface area contributed by atoms with E-state index < -0.39 is 0 Å². The predicted octanol–water partition coefficient (Wildman–Crippen LogP) is 3.46. The smallest absolute Gasteiger partial charge is 0.191 e. The van der Waals surface area contributed by atoms with Crippen LogP contribution in [-0.2, 0) is 6.54 Å². The van der Waals surface area contributed by atoms with Crippen LogP contribution in [0.4, 0.5) is 0 Å². The van der Waals surface area contributed by atoms with E-state index >= 15 is 0 Å². The molecule has 1 unspecified atom stereocenters. The number of furan rings is 1. The maximum atomic E-state index is 5.57. The van der Waals surface area contributed by atoms with Gasteiger partial charge < -0.3 is 20.0 Å². The summed E-state index contributed by atoms with van der Waals surface area (Å²) in [4.78, 5) is 7.17. The zero-order valence-corrected chi connectivity index (χ0v) is 16.4. The van der Waals surface area contributed by atoms with Crippen molar-refractivity contribution in [3.05, 3.63) is 23.2 Å². The fourth-order valence-electron chi connectivity index (χ4n) is 2.79. The van der Waals surface area contributed by atoms with Crippen LogP contribution in [0, 0.1) is 13.8 Å². The number of guanidine groups is 1. The lowest BCUT2D eigenvalue weighted by atomic mass is 10.2. The number of hydrogen-bond donors (Lipinski definition) is 2. The molecular weight excluding hydrogens is 300 g/mol. The van der Waals surface area contributed by atoms with E-state index in [4.69, 9.17) is 9.41 Å². The van der Waals surface area contributed by atoms with E-state index in [0.29, 0.717) is 12.6 Å². The average Bonchev–Trinajstić information content (AvgIpc) is 2.87. The van der Waals surface area contributed by atoms with E-state index in [-0.39, 0.29) is 0 Å². The molecular formula is C19H36N4O. The molecule has 1 aromatic rings. The molecule has 5 heteroatoms. The lowest BCUT2D eigenvalue weighted by Crippen LogP contribution is -2.42. The summed E-state index contributed by atoms with van der Waals surface area (Å²) in [5, 5.41) is 6.84. The summed E-state index contributed by atoms with van der Waals surface area (Å²) >= 11 is 0. The van der Waals surface area contributed by atoms with E-state index in [9.17, 15) is 0 Å². The Balaban J connectivity index is 2.49. The van der Waals surface area contributed by atoms with Gasteiger partial charge in [0, 0.05) is 18.2 Å². The first-order valence-corrected chi connectivity index (χ1v) is 9.33. The predicted molar refractivity (Wildman–Crippen MR) is 103 cm³/mol. The molecule has 0 fully saturated rings. The molecule has 1 heterocycles. The molecule has 0 spiro atoms. The van der Waals surface area contributed by atoms with Crippen LogP contribution in [0.25, 0.3) is 0 Å². The summed E-state index contributed by atoms with van der Waals surface area (Å²) in [6.07, 6.45) is 2.35. The summed E-state index contributed by atoms with van der Waals surface area (Å²) in [6.45, 7) is 17.7. The molecule has 0 saturated carbocycles. The highest BCUT2D eigenvalue weighted by Gasteiger charge is 2.08. The van der Waals surface area contributed by atoms with Crippen LogP contribution >= 0.6 is 0 Å². The maximum Gasteiger partial charge on any atom is 0.191 e. The third-order valence-corrected chi connectivity index (χ3v) is 4.28. The number of nitrogens with zero attached hydrogens (tertiary/aromatic N) is 2. The fourth-order valence-corrected chi connectivity index (χ4v) is 2.79. The first kappa shape index (κ1) is 20.6. The summed E-state index contributed by atoms with van der Waals surface area (Å²) < 4.78 is 5.57. The molecule has 0 aliphatic carbocycles. The van der Waals surface area contributed by atoms with Gasteiger partial charge in [0.15, 0.2) is 5.96 Å². The van der Waals surface area contributed by atoms with Gasteiger partial charge in [-0.1, -0.05) is 13.8 Å². The van der Waals surface area contributed by atoms with Crippen LogP contribution in [0.1, 0.15) is 57.6 Å². The Bertz CT molecular complexity index is 492. The highest BCUT2D eigenvalue weighted by atomic mass is 16.3. The summed E-state index contributed by atoms with van der Waals surface area (Å²) in [5.74, 6) is 2.78. The zero-order chi connectivity index (χ0) is 17.9. The number of nitrogens with one attached hydrogen (secondary N) is 2. The molecule has 5 nitrogen and oxygen atoms in total. The van der Waals surface area contributed by atoms with Crippen LogP contribution < -0.4 is 10.6 Å². The monoisotopic (exact) mass is 336 g/mol. The van der Waals surface area contributed by atoms with E-state index in [1.54, 1.807) is 0 Å². The fraction of sp³-hybridized carbons (Fsp3) is 0.737. The van der Waals surface area contributed by atoms with Crippen LogP contribution in [0.5, 0.6) is 0 Å². The second-order valence-corrected chi connectivity index (χ2v) is 6.35. The SMILES string of the molecule is CCNC(=NCc1cc(C)oc1C)NC(C)CCCN(CC)CC. The van der Waals surface area contributed by atoms with Crippen molar-refractivity contribution in [2.75, 3.05) is 26.2 Å². The van der Waals surface area contributed by atoms with Gasteiger partial charge in [-0.15, -0.1) is 0 Å². The number of rotatable bonds is 10. The molecule has 1 atom stereocenters. The van der Waals surface area contributed by atoms with Gasteiger partial charge >= 0.3 is 0 Å². The maximum absolute atomic E-state index is 5.57. The summed E-state index contributed by atoms with van der Waals surface area (Å²) in [5.41, 5.74) is 1.15. The molecule has 0 amide bonds. The van der Waals surface area contributed by atoms with Crippen LogP contribution in [-0.4, -0.2) is 43.1 Å². The van der Waals surface area contributed by atoms with Crippen molar-refractivity contribution in [3.8, 4) is 0 Å². The summed E-state index contributed by atoms with van der Waals surface area (Å²) in [7, 11) is 0. The molecule has 0 bridgehead atoms. The van der Waals surface area contributed by atoms with Gasteiger partial charge in [0.1, 0.15) is 11.5 Å². The standard InChI is InChI=1S/C19H36N4O/c1-7-20-19(21-14-18-13-16(5)24-17(18)6)22-15(4)11-10-12-23(8-2)9-3/h13,15H,7-12,14H2,1-6H3,(H2,20,21,22). The molecule has 138 valence electrons. The minimum absolute atomic E-state index is 0.408. The minimum atomic E-state index is 0.408. The third kappa shape index (κ3) is 7.39. The zero-order valence-electron chi connectivity index (χ0n) is 16.4. The minimum Gasteiger partial charge on any atom is -0.466 e. The van der Waals surface area contributed by atoms with Gasteiger partial charge in [0.2, 0.25) is 0 Å². The van der Waals surface area contributed by atoms with E-state index in [1.807, 2.05) is 13.8 Å². The van der Waals surface area contributed by atoms with Crippen molar-refractivity contribution >= 4 is 5.96 Å². The van der Waals surface area contributed by atoms with Crippen molar-refractivity contribution in [1.29, 1.82) is 0 Å². The first-order chi connectivity index (χ1) is 11.5. The lowest BCUT2D eigenvalue weighted by molar-refractivity contribution is 0.292. The van der Waals surface area contributed by atoms with E-state index in [2.05, 4.69) is 49.3 Å². The Hall–Kier alpha value is -1.49. The lowest BCUT2D eigenvalue weighted by Gasteiger charge is -2.21. The molecule has 24 heavy (non-hydrogen) atoms. The Labute approximate surface area is 147 Å². The normalized spacial score (nSPS) is 13.4. The van der Waals surface area contributed by atoms with Gasteiger partial charge in [0.05, 0.1) is 6.54 Å². The second kappa shape index (κ2) is 11.1. The van der Waals surface area contributed by atoms with Crippen molar-refractivity contribution in [2.45, 2.75) is 67.0 Å². The van der Waals surface area contributed by atoms with Gasteiger partial charge in [-0.3, -0.25) is 0 Å². The molecule has 1 aromatic heterocycles. The first-order valence-electron chi connectivity index (χ1n) is 9.33. The average molecular weight is 337 g/mol. The number of aryl methyl sites for hydroxylation is 2. The van der Waals surface area contributed by atoms with Crippen LogP contribution in [0.15, 0.2) is 15.5 Å². The third-order valence-electron chi connectivity index (χ3n) is 4.28. The Kier molecular flexibility index (Phi) is 9.53. The molecule has 2 N–H and O–H groups in total. The highest BCUT2D eigenvalue weighted by molar-refractivity contribution is 5.80. The van der Waals surface area contributed by atoms with Crippen LogP contribution in [0.3, 0.4) is 0 Å². The highest BCUT2D eigenvalue weighted by Crippen LogP contribution is 2.14. The van der Waals surface area contributed by atoms with Gasteiger partial charge in [-0.05, 0) is 66.2 Å². The van der Waals surface area contributed by atoms with Crippen molar-refractivity contribution in [2.24, 2.45) is 4.99 Å². The molecule has 1 rings (SSSR count). The molecule has 0 aliphatic rings. The number of aliphatic imine (C=N–C) groups is 1. The Morgan fingerprint density at radius 3 is 2.50 bits per heavy atom. The number of hydrogen-bond acceptors (Lipinski definition) is 3. The quantitative estimate of drug-likeness (QED) is 0.507. The largest absolute Gasteiger partial charge is 0.466 e. The molecule has 0 aliphatic heterocycles. The molecule has 0 aromatic carbocycles. The topological polar surface area (TPSA) is 52.8 Å². The van der Waals surface area contributed by atoms with Gasteiger partial charge in [0.25, 0.3) is 0 Å². The Morgan fingerprint density at radius 1 is 1.25 bits per heavy atom.